The average molecular weight is 338 g/mol. The highest BCUT2D eigenvalue weighted by Gasteiger charge is 2.19. The van der Waals surface area contributed by atoms with Gasteiger partial charge in [-0.15, -0.1) is 0 Å². The van der Waals surface area contributed by atoms with Crippen molar-refractivity contribution in [2.24, 2.45) is 0 Å². The zero-order chi connectivity index (χ0) is 18.0. The smallest absolute Gasteiger partial charge is 0.272 e. The number of ether oxygens (including phenoxy) is 1. The second-order valence-electron chi connectivity index (χ2n) is 6.13. The number of rotatable bonds is 5. The Morgan fingerprint density at radius 1 is 1.24 bits per heavy atom. The summed E-state index contributed by atoms with van der Waals surface area (Å²) in [6.07, 6.45) is 0. The van der Waals surface area contributed by atoms with Crippen molar-refractivity contribution in [1.29, 1.82) is 0 Å². The van der Waals surface area contributed by atoms with Gasteiger partial charge in [0.05, 0.1) is 18.7 Å². The van der Waals surface area contributed by atoms with Crippen LogP contribution in [-0.4, -0.2) is 37.3 Å². The Morgan fingerprint density at radius 3 is 2.72 bits per heavy atom. The van der Waals surface area contributed by atoms with E-state index in [-0.39, 0.29) is 11.9 Å². The van der Waals surface area contributed by atoms with Crippen LogP contribution in [0.5, 0.6) is 5.75 Å². The minimum absolute atomic E-state index is 0.150. The summed E-state index contributed by atoms with van der Waals surface area (Å²) in [7, 11) is 5.57. The second-order valence-corrected chi connectivity index (χ2v) is 6.13. The fraction of sp³-hybridized carbons (Fsp3) is 0.263. The molecule has 2 N–H and O–H groups in total. The minimum atomic E-state index is -0.222. The van der Waals surface area contributed by atoms with Gasteiger partial charge in [-0.2, -0.15) is 5.10 Å². The molecular weight excluding hydrogens is 316 g/mol. The molecule has 25 heavy (non-hydrogen) atoms. The van der Waals surface area contributed by atoms with Gasteiger partial charge in [0.25, 0.3) is 5.91 Å². The molecule has 6 heteroatoms. The normalized spacial score (nSPS) is 12.0. The van der Waals surface area contributed by atoms with Gasteiger partial charge >= 0.3 is 0 Å². The van der Waals surface area contributed by atoms with Crippen LogP contribution in [0.25, 0.3) is 10.9 Å². The van der Waals surface area contributed by atoms with E-state index in [1.165, 1.54) is 0 Å². The van der Waals surface area contributed by atoms with Crippen LogP contribution in [0.15, 0.2) is 42.5 Å². The lowest BCUT2D eigenvalue weighted by Gasteiger charge is -2.22. The Kier molecular flexibility index (Phi) is 4.61. The van der Waals surface area contributed by atoms with E-state index in [0.29, 0.717) is 11.4 Å². The maximum atomic E-state index is 12.7. The molecule has 0 aliphatic carbocycles. The van der Waals surface area contributed by atoms with Gasteiger partial charge in [0.2, 0.25) is 0 Å². The Bertz CT molecular complexity index is 901. The highest BCUT2D eigenvalue weighted by Crippen LogP contribution is 2.26. The van der Waals surface area contributed by atoms with E-state index in [0.717, 1.165) is 22.2 Å². The Balaban J connectivity index is 1.88. The second kappa shape index (κ2) is 6.84. The number of aromatic amines is 1. The van der Waals surface area contributed by atoms with Crippen molar-refractivity contribution in [3.05, 3.63) is 53.7 Å². The van der Waals surface area contributed by atoms with E-state index < -0.39 is 0 Å². The number of fused-ring (bicyclic) bond motifs is 1. The molecule has 0 saturated carbocycles. The molecule has 1 heterocycles. The van der Waals surface area contributed by atoms with Crippen LogP contribution < -0.4 is 15.0 Å². The van der Waals surface area contributed by atoms with Crippen LogP contribution in [0.2, 0.25) is 0 Å². The first-order chi connectivity index (χ1) is 12.0. The first-order valence-corrected chi connectivity index (χ1v) is 8.10. The number of benzene rings is 2. The van der Waals surface area contributed by atoms with Gasteiger partial charge in [-0.1, -0.05) is 18.2 Å². The first kappa shape index (κ1) is 16.8. The monoisotopic (exact) mass is 338 g/mol. The molecule has 0 fully saturated rings. The van der Waals surface area contributed by atoms with E-state index in [1.54, 1.807) is 7.11 Å². The van der Waals surface area contributed by atoms with Crippen molar-refractivity contribution < 1.29 is 9.53 Å². The van der Waals surface area contributed by atoms with Crippen LogP contribution in [0, 0.1) is 0 Å². The van der Waals surface area contributed by atoms with Gasteiger partial charge < -0.3 is 15.0 Å². The highest BCUT2D eigenvalue weighted by atomic mass is 16.5. The number of methoxy groups -OCH3 is 1. The SMILES string of the molecule is COc1ccc2[nH]nc(C(=O)NC(C)c3ccccc3N(C)C)c2c1. The molecule has 1 amide bonds. The number of nitrogens with one attached hydrogen (secondary N) is 2. The number of aromatic nitrogens is 2. The minimum Gasteiger partial charge on any atom is -0.497 e. The quantitative estimate of drug-likeness (QED) is 0.750. The predicted molar refractivity (Wildman–Crippen MR) is 99.3 cm³/mol. The van der Waals surface area contributed by atoms with Crippen LogP contribution >= 0.6 is 0 Å². The zero-order valence-electron chi connectivity index (χ0n) is 14.8. The summed E-state index contributed by atoms with van der Waals surface area (Å²) in [5, 5.41) is 10.8. The van der Waals surface area contributed by atoms with Gasteiger partial charge in [0.1, 0.15) is 5.75 Å². The maximum Gasteiger partial charge on any atom is 0.272 e. The standard InChI is InChI=1S/C19H22N4O2/c1-12(14-7-5-6-8-17(14)23(2)3)20-19(24)18-15-11-13(25-4)9-10-16(15)21-22-18/h5-12H,1-4H3,(H,20,24)(H,21,22). The fourth-order valence-electron chi connectivity index (χ4n) is 2.90. The molecule has 2 aromatic carbocycles. The predicted octanol–water partition coefficient (Wildman–Crippen LogP) is 3.13. The molecule has 6 nitrogen and oxygen atoms in total. The third-order valence-corrected chi connectivity index (χ3v) is 4.22. The molecule has 1 atom stereocenters. The maximum absolute atomic E-state index is 12.7. The molecule has 0 spiro atoms. The summed E-state index contributed by atoms with van der Waals surface area (Å²) in [5.41, 5.74) is 3.29. The Labute approximate surface area is 146 Å². The molecule has 3 aromatic rings. The highest BCUT2D eigenvalue weighted by molar-refractivity contribution is 6.05. The van der Waals surface area contributed by atoms with Crippen molar-refractivity contribution in [3.63, 3.8) is 0 Å². The summed E-state index contributed by atoms with van der Waals surface area (Å²) in [6.45, 7) is 1.97. The number of hydrogen-bond acceptors (Lipinski definition) is 4. The molecule has 130 valence electrons. The van der Waals surface area contributed by atoms with Crippen LogP contribution in [0.4, 0.5) is 5.69 Å². The lowest BCUT2D eigenvalue weighted by atomic mass is 10.0. The molecule has 0 saturated heterocycles. The van der Waals surface area contributed by atoms with Crippen molar-refractivity contribution >= 4 is 22.5 Å². The van der Waals surface area contributed by atoms with E-state index in [1.807, 2.05) is 68.4 Å². The molecular formula is C19H22N4O2. The number of anilines is 1. The average Bonchev–Trinajstić information content (AvgIpc) is 3.04. The van der Waals surface area contributed by atoms with Crippen molar-refractivity contribution in [3.8, 4) is 5.75 Å². The Morgan fingerprint density at radius 2 is 2.00 bits per heavy atom. The Hall–Kier alpha value is -3.02. The summed E-state index contributed by atoms with van der Waals surface area (Å²) in [5.74, 6) is 0.467. The van der Waals surface area contributed by atoms with Gasteiger partial charge in [0, 0.05) is 25.2 Å². The number of H-pyrrole nitrogens is 1. The van der Waals surface area contributed by atoms with Gasteiger partial charge in [0.15, 0.2) is 5.69 Å². The topological polar surface area (TPSA) is 70.2 Å². The number of carbonyl (C=O) groups excluding carboxylic acids is 1. The lowest BCUT2D eigenvalue weighted by Crippen LogP contribution is -2.28. The van der Waals surface area contributed by atoms with E-state index in [2.05, 4.69) is 15.5 Å². The van der Waals surface area contributed by atoms with Gasteiger partial charge in [-0.25, -0.2) is 0 Å². The van der Waals surface area contributed by atoms with Gasteiger partial charge in [-0.05, 0) is 36.8 Å². The summed E-state index contributed by atoms with van der Waals surface area (Å²) in [6, 6.07) is 13.4. The van der Waals surface area contributed by atoms with E-state index >= 15 is 0 Å². The van der Waals surface area contributed by atoms with Crippen LogP contribution in [0.3, 0.4) is 0 Å². The van der Waals surface area contributed by atoms with Gasteiger partial charge in [-0.3, -0.25) is 9.89 Å². The number of nitrogens with zero attached hydrogens (tertiary/aromatic N) is 2. The molecule has 3 rings (SSSR count). The van der Waals surface area contributed by atoms with E-state index in [9.17, 15) is 4.79 Å². The van der Waals surface area contributed by atoms with E-state index in [4.69, 9.17) is 4.74 Å². The molecule has 0 aliphatic heterocycles. The summed E-state index contributed by atoms with van der Waals surface area (Å²) >= 11 is 0. The molecule has 0 radical (unpaired) electrons. The number of carbonyl (C=O) groups is 1. The summed E-state index contributed by atoms with van der Waals surface area (Å²) in [4.78, 5) is 14.8. The third-order valence-electron chi connectivity index (χ3n) is 4.22. The number of para-hydroxylation sites is 1. The molecule has 1 unspecified atom stereocenters. The first-order valence-electron chi connectivity index (χ1n) is 8.10. The number of amides is 1. The molecule has 1 aromatic heterocycles. The van der Waals surface area contributed by atoms with Crippen molar-refractivity contribution in [2.45, 2.75) is 13.0 Å². The van der Waals surface area contributed by atoms with Crippen molar-refractivity contribution in [1.82, 2.24) is 15.5 Å². The lowest BCUT2D eigenvalue weighted by molar-refractivity contribution is 0.0936. The molecule has 0 aliphatic rings. The molecule has 0 bridgehead atoms. The van der Waals surface area contributed by atoms with Crippen LogP contribution in [-0.2, 0) is 0 Å². The third kappa shape index (κ3) is 3.28. The number of hydrogen-bond donors (Lipinski definition) is 2. The zero-order valence-corrected chi connectivity index (χ0v) is 14.8. The largest absolute Gasteiger partial charge is 0.497 e. The van der Waals surface area contributed by atoms with Crippen molar-refractivity contribution in [2.75, 3.05) is 26.1 Å². The van der Waals surface area contributed by atoms with Crippen LogP contribution in [0.1, 0.15) is 29.0 Å². The summed E-state index contributed by atoms with van der Waals surface area (Å²) < 4.78 is 5.24. The fourth-order valence-corrected chi connectivity index (χ4v) is 2.90.